The van der Waals surface area contributed by atoms with Gasteiger partial charge < -0.3 is 14.8 Å². The van der Waals surface area contributed by atoms with Gasteiger partial charge in [-0.2, -0.15) is 0 Å². The van der Waals surface area contributed by atoms with E-state index in [9.17, 15) is 4.79 Å². The third kappa shape index (κ3) is 5.10. The number of anilines is 1. The molecule has 0 aromatic heterocycles. The van der Waals surface area contributed by atoms with Crippen LogP contribution < -0.4 is 10.1 Å². The lowest BCUT2D eigenvalue weighted by atomic mass is 10.1. The Bertz CT molecular complexity index is 651. The average Bonchev–Trinajstić information content (AvgIpc) is 3.13. The minimum absolute atomic E-state index is 0.00938. The second kappa shape index (κ2) is 8.50. The van der Waals surface area contributed by atoms with E-state index in [1.54, 1.807) is 0 Å². The molecule has 4 heteroatoms. The Kier molecular flexibility index (Phi) is 5.85. The number of carbonyl (C=O) groups excluding carboxylic acids is 1. The number of amides is 1. The third-order valence-electron chi connectivity index (χ3n) is 4.06. The lowest BCUT2D eigenvalue weighted by molar-refractivity contribution is -0.116. The summed E-state index contributed by atoms with van der Waals surface area (Å²) in [5.74, 6) is 0.765. The molecule has 1 fully saturated rings. The molecule has 3 rings (SSSR count). The second-order valence-corrected chi connectivity index (χ2v) is 6.01. The van der Waals surface area contributed by atoms with Gasteiger partial charge in [0.05, 0.1) is 6.10 Å². The largest absolute Gasteiger partial charge is 0.491 e. The Hall–Kier alpha value is -2.33. The van der Waals surface area contributed by atoms with Gasteiger partial charge in [0.25, 0.3) is 0 Å². The number of hydrogen-bond donors (Lipinski definition) is 1. The Balaban J connectivity index is 1.47. The van der Waals surface area contributed by atoms with Crippen molar-refractivity contribution in [3.05, 3.63) is 60.2 Å². The van der Waals surface area contributed by atoms with Crippen molar-refractivity contribution in [3.8, 4) is 5.75 Å². The van der Waals surface area contributed by atoms with Gasteiger partial charge in [0, 0.05) is 24.8 Å². The number of ether oxygens (including phenoxy) is 2. The number of aryl methyl sites for hydroxylation is 1. The molecule has 0 radical (unpaired) electrons. The monoisotopic (exact) mass is 325 g/mol. The normalized spacial score (nSPS) is 16.8. The van der Waals surface area contributed by atoms with Gasteiger partial charge in [-0.1, -0.05) is 36.4 Å². The van der Waals surface area contributed by atoms with Crippen LogP contribution in [0.3, 0.4) is 0 Å². The summed E-state index contributed by atoms with van der Waals surface area (Å²) in [5, 5.41) is 2.93. The SMILES string of the molecule is O=C(CCc1ccccc1)Nc1cccc(OC[C@H]2CCCO2)c1. The maximum absolute atomic E-state index is 12.1. The summed E-state index contributed by atoms with van der Waals surface area (Å²) in [5.41, 5.74) is 1.93. The summed E-state index contributed by atoms with van der Waals surface area (Å²) >= 11 is 0. The standard InChI is InChI=1S/C20H23NO3/c22-20(12-11-16-6-2-1-3-7-16)21-17-8-4-9-18(14-17)24-15-19-10-5-13-23-19/h1-4,6-9,14,19H,5,10-13,15H2,(H,21,22)/t19-/m1/s1. The third-order valence-corrected chi connectivity index (χ3v) is 4.06. The fraction of sp³-hybridized carbons (Fsp3) is 0.350. The van der Waals surface area contributed by atoms with Gasteiger partial charge in [-0.15, -0.1) is 0 Å². The second-order valence-electron chi connectivity index (χ2n) is 6.01. The highest BCUT2D eigenvalue weighted by atomic mass is 16.5. The predicted octanol–water partition coefficient (Wildman–Crippen LogP) is 3.82. The van der Waals surface area contributed by atoms with Crippen molar-refractivity contribution >= 4 is 11.6 Å². The van der Waals surface area contributed by atoms with E-state index in [-0.39, 0.29) is 12.0 Å². The molecule has 1 saturated heterocycles. The van der Waals surface area contributed by atoms with Crippen molar-refractivity contribution in [2.45, 2.75) is 31.8 Å². The van der Waals surface area contributed by atoms with Crippen LogP contribution in [0.25, 0.3) is 0 Å². The van der Waals surface area contributed by atoms with Crippen LogP contribution in [0.4, 0.5) is 5.69 Å². The van der Waals surface area contributed by atoms with Gasteiger partial charge in [-0.05, 0) is 37.0 Å². The zero-order valence-electron chi connectivity index (χ0n) is 13.7. The topological polar surface area (TPSA) is 47.6 Å². The number of rotatable bonds is 7. The average molecular weight is 325 g/mol. The maximum atomic E-state index is 12.1. The van der Waals surface area contributed by atoms with E-state index in [2.05, 4.69) is 5.32 Å². The minimum Gasteiger partial charge on any atom is -0.491 e. The van der Waals surface area contributed by atoms with E-state index < -0.39 is 0 Å². The molecule has 1 N–H and O–H groups in total. The molecule has 24 heavy (non-hydrogen) atoms. The first-order valence-electron chi connectivity index (χ1n) is 8.48. The molecule has 1 atom stereocenters. The van der Waals surface area contributed by atoms with Crippen LogP contribution in [-0.4, -0.2) is 25.2 Å². The van der Waals surface area contributed by atoms with Crippen molar-refractivity contribution in [2.75, 3.05) is 18.5 Å². The Morgan fingerprint density at radius 3 is 2.83 bits per heavy atom. The van der Waals surface area contributed by atoms with Gasteiger partial charge in [-0.3, -0.25) is 4.79 Å². The van der Waals surface area contributed by atoms with E-state index in [1.807, 2.05) is 54.6 Å². The molecule has 1 heterocycles. The molecule has 0 spiro atoms. The molecule has 0 bridgehead atoms. The quantitative estimate of drug-likeness (QED) is 0.842. The van der Waals surface area contributed by atoms with Crippen molar-refractivity contribution in [3.63, 3.8) is 0 Å². The van der Waals surface area contributed by atoms with Crippen molar-refractivity contribution in [2.24, 2.45) is 0 Å². The molecule has 1 amide bonds. The zero-order chi connectivity index (χ0) is 16.6. The molecule has 2 aromatic rings. The summed E-state index contributed by atoms with van der Waals surface area (Å²) in [6.45, 7) is 1.39. The molecule has 1 aliphatic rings. The zero-order valence-corrected chi connectivity index (χ0v) is 13.7. The highest BCUT2D eigenvalue weighted by molar-refractivity contribution is 5.91. The molecule has 126 valence electrons. The minimum atomic E-state index is 0.00938. The predicted molar refractivity (Wildman–Crippen MR) is 94.3 cm³/mol. The first kappa shape index (κ1) is 16.5. The van der Waals surface area contributed by atoms with E-state index in [0.29, 0.717) is 13.0 Å². The summed E-state index contributed by atoms with van der Waals surface area (Å²) in [6, 6.07) is 17.5. The van der Waals surface area contributed by atoms with E-state index in [0.717, 1.165) is 37.3 Å². The highest BCUT2D eigenvalue weighted by Gasteiger charge is 2.16. The first-order valence-corrected chi connectivity index (χ1v) is 8.48. The lowest BCUT2D eigenvalue weighted by Crippen LogP contribution is -2.16. The van der Waals surface area contributed by atoms with Crippen molar-refractivity contribution in [1.29, 1.82) is 0 Å². The van der Waals surface area contributed by atoms with E-state index in [4.69, 9.17) is 9.47 Å². The van der Waals surface area contributed by atoms with E-state index in [1.165, 1.54) is 5.56 Å². The molecule has 0 unspecified atom stereocenters. The number of carbonyl (C=O) groups is 1. The smallest absolute Gasteiger partial charge is 0.224 e. The number of benzene rings is 2. The van der Waals surface area contributed by atoms with Gasteiger partial charge in [-0.25, -0.2) is 0 Å². The molecular formula is C20H23NO3. The van der Waals surface area contributed by atoms with Crippen LogP contribution >= 0.6 is 0 Å². The van der Waals surface area contributed by atoms with Crippen LogP contribution in [-0.2, 0) is 16.0 Å². The molecule has 4 nitrogen and oxygen atoms in total. The fourth-order valence-corrected chi connectivity index (χ4v) is 2.75. The van der Waals surface area contributed by atoms with Gasteiger partial charge in [0.15, 0.2) is 0 Å². The van der Waals surface area contributed by atoms with Crippen LogP contribution in [0.1, 0.15) is 24.8 Å². The Morgan fingerprint density at radius 1 is 1.17 bits per heavy atom. The molecular weight excluding hydrogens is 302 g/mol. The van der Waals surface area contributed by atoms with Crippen LogP contribution in [0.2, 0.25) is 0 Å². The molecule has 1 aliphatic heterocycles. The number of nitrogens with one attached hydrogen (secondary N) is 1. The fourth-order valence-electron chi connectivity index (χ4n) is 2.75. The summed E-state index contributed by atoms with van der Waals surface area (Å²) in [4.78, 5) is 12.1. The summed E-state index contributed by atoms with van der Waals surface area (Å²) in [7, 11) is 0. The lowest BCUT2D eigenvalue weighted by Gasteiger charge is -2.12. The molecule has 2 aromatic carbocycles. The van der Waals surface area contributed by atoms with Crippen molar-refractivity contribution in [1.82, 2.24) is 0 Å². The maximum Gasteiger partial charge on any atom is 0.224 e. The van der Waals surface area contributed by atoms with Crippen LogP contribution in [0.5, 0.6) is 5.75 Å². The summed E-state index contributed by atoms with van der Waals surface area (Å²) < 4.78 is 11.3. The van der Waals surface area contributed by atoms with Crippen molar-refractivity contribution < 1.29 is 14.3 Å². The Morgan fingerprint density at radius 2 is 2.04 bits per heavy atom. The van der Waals surface area contributed by atoms with Crippen LogP contribution in [0.15, 0.2) is 54.6 Å². The molecule has 0 saturated carbocycles. The van der Waals surface area contributed by atoms with E-state index >= 15 is 0 Å². The highest BCUT2D eigenvalue weighted by Crippen LogP contribution is 2.20. The Labute approximate surface area is 142 Å². The van der Waals surface area contributed by atoms with Gasteiger partial charge in [0.2, 0.25) is 5.91 Å². The summed E-state index contributed by atoms with van der Waals surface area (Å²) in [6.07, 6.45) is 3.54. The molecule has 0 aliphatic carbocycles. The number of hydrogen-bond acceptors (Lipinski definition) is 3. The van der Waals surface area contributed by atoms with Gasteiger partial charge in [0.1, 0.15) is 12.4 Å². The van der Waals surface area contributed by atoms with Crippen LogP contribution in [0, 0.1) is 0 Å². The van der Waals surface area contributed by atoms with Gasteiger partial charge >= 0.3 is 0 Å². The first-order chi connectivity index (χ1) is 11.8.